The molecule has 0 aromatic heterocycles. The molecule has 57 heavy (non-hydrogen) atoms. The van der Waals surface area contributed by atoms with E-state index in [-0.39, 0.29) is 11.3 Å². The summed E-state index contributed by atoms with van der Waals surface area (Å²) >= 11 is 0. The molecule has 4 aromatic carbocycles. The normalized spacial score (nSPS) is 37.9. The molecule has 4 saturated heterocycles. The zero-order valence-electron chi connectivity index (χ0n) is 33.8. The minimum atomic E-state index is -0.0325. The lowest BCUT2D eigenvalue weighted by molar-refractivity contribution is -0.211. The lowest BCUT2D eigenvalue weighted by atomic mass is 9.56. The van der Waals surface area contributed by atoms with E-state index in [4.69, 9.17) is 0 Å². The molecule has 5 nitrogen and oxygen atoms in total. The number of nitrogens with zero attached hydrogens (tertiary/aromatic N) is 4. The van der Waals surface area contributed by atoms with Gasteiger partial charge in [-0.2, -0.15) is 0 Å². The summed E-state index contributed by atoms with van der Waals surface area (Å²) in [7, 11) is 0. The number of carbonyl (C=O) groups excluding carboxylic acids is 1. The summed E-state index contributed by atoms with van der Waals surface area (Å²) < 4.78 is 0. The molecule has 5 aliphatic carbocycles. The monoisotopic (exact) mass is 754 g/mol. The maximum Gasteiger partial charge on any atom is 0.226 e. The summed E-state index contributed by atoms with van der Waals surface area (Å²) in [6.45, 7) is 4.89. The molecule has 292 valence electrons. The van der Waals surface area contributed by atoms with Gasteiger partial charge in [0, 0.05) is 64.0 Å². The van der Waals surface area contributed by atoms with Crippen molar-refractivity contribution in [3.05, 3.63) is 108 Å². The first-order valence-electron chi connectivity index (χ1n) is 23.1. The summed E-state index contributed by atoms with van der Waals surface area (Å²) in [4.78, 5) is 27.4. The van der Waals surface area contributed by atoms with Gasteiger partial charge in [-0.3, -0.25) is 9.69 Å². The van der Waals surface area contributed by atoms with E-state index in [0.29, 0.717) is 72.1 Å². The molecular formula is C52H58N4O. The van der Waals surface area contributed by atoms with Crippen LogP contribution < -0.4 is 9.80 Å². The highest BCUT2D eigenvalue weighted by Crippen LogP contribution is 2.62. The average molecular weight is 755 g/mol. The number of piperazine rings is 3. The Bertz CT molecular complexity index is 2270. The van der Waals surface area contributed by atoms with Gasteiger partial charge in [-0.15, -0.1) is 0 Å². The number of hydrogen-bond acceptors (Lipinski definition) is 4. The van der Waals surface area contributed by atoms with Gasteiger partial charge in [0.15, 0.2) is 0 Å². The van der Waals surface area contributed by atoms with Crippen molar-refractivity contribution in [3.8, 4) is 22.3 Å². The van der Waals surface area contributed by atoms with Crippen LogP contribution in [0.15, 0.2) is 97.1 Å². The first kappa shape index (κ1) is 33.8. The quantitative estimate of drug-likeness (QED) is 0.208. The number of amides is 1. The molecule has 4 heterocycles. The minimum absolute atomic E-state index is 0.0325. The molecule has 4 aliphatic heterocycles. The van der Waals surface area contributed by atoms with E-state index in [1.165, 1.54) is 115 Å². The van der Waals surface area contributed by atoms with Crippen LogP contribution in [0.2, 0.25) is 0 Å². The molecule has 0 N–H and O–H groups in total. The maximum atomic E-state index is 15.4. The van der Waals surface area contributed by atoms with Crippen molar-refractivity contribution in [1.82, 2.24) is 9.80 Å². The minimum Gasteiger partial charge on any atom is -0.362 e. The summed E-state index contributed by atoms with van der Waals surface area (Å²) in [6, 6.07) is 40.7. The predicted molar refractivity (Wildman–Crippen MR) is 229 cm³/mol. The smallest absolute Gasteiger partial charge is 0.226 e. The topological polar surface area (TPSA) is 30.0 Å². The van der Waals surface area contributed by atoms with Crippen molar-refractivity contribution in [2.75, 3.05) is 9.80 Å². The van der Waals surface area contributed by atoms with Crippen LogP contribution in [0.1, 0.15) is 102 Å². The lowest BCUT2D eigenvalue weighted by Crippen LogP contribution is -2.91. The van der Waals surface area contributed by atoms with E-state index in [1.807, 2.05) is 0 Å². The van der Waals surface area contributed by atoms with Crippen molar-refractivity contribution in [2.45, 2.75) is 151 Å². The summed E-state index contributed by atoms with van der Waals surface area (Å²) in [5.41, 5.74) is 11.4. The Labute approximate surface area is 339 Å². The number of carbonyl (C=O) groups is 1. The van der Waals surface area contributed by atoms with Gasteiger partial charge in [0.25, 0.3) is 0 Å². The van der Waals surface area contributed by atoms with E-state index < -0.39 is 0 Å². The lowest BCUT2D eigenvalue weighted by Gasteiger charge is -2.77. The zero-order valence-corrected chi connectivity index (χ0v) is 33.8. The molecular weight excluding hydrogens is 697 g/mol. The molecule has 5 heteroatoms. The van der Waals surface area contributed by atoms with Crippen LogP contribution in [-0.2, 0) is 10.2 Å². The molecule has 1 amide bonds. The molecule has 0 radical (unpaired) electrons. The highest BCUT2D eigenvalue weighted by molar-refractivity contribution is 5.91. The van der Waals surface area contributed by atoms with Crippen LogP contribution in [0.25, 0.3) is 22.3 Å². The van der Waals surface area contributed by atoms with Gasteiger partial charge in [0.1, 0.15) is 0 Å². The fourth-order valence-electron chi connectivity index (χ4n) is 16.0. The third kappa shape index (κ3) is 4.38. The van der Waals surface area contributed by atoms with Gasteiger partial charge >= 0.3 is 0 Å². The third-order valence-corrected chi connectivity index (χ3v) is 17.8. The van der Waals surface area contributed by atoms with Crippen LogP contribution in [0.3, 0.4) is 0 Å². The van der Waals surface area contributed by atoms with E-state index in [1.54, 1.807) is 0 Å². The fourth-order valence-corrected chi connectivity index (χ4v) is 16.0. The van der Waals surface area contributed by atoms with Crippen molar-refractivity contribution < 1.29 is 4.79 Å². The molecule has 4 aromatic rings. The van der Waals surface area contributed by atoms with Crippen LogP contribution in [-0.4, -0.2) is 70.1 Å². The molecule has 9 aliphatic rings. The van der Waals surface area contributed by atoms with Crippen LogP contribution >= 0.6 is 0 Å². The molecule has 0 bridgehead atoms. The molecule has 13 rings (SSSR count). The Kier molecular flexibility index (Phi) is 7.26. The van der Waals surface area contributed by atoms with Crippen LogP contribution in [0.5, 0.6) is 0 Å². The highest BCUT2D eigenvalue weighted by Gasteiger charge is 2.70. The predicted octanol–water partition coefficient (Wildman–Crippen LogP) is 10.1. The van der Waals surface area contributed by atoms with Gasteiger partial charge < -0.3 is 14.7 Å². The number of para-hydroxylation sites is 1. The Balaban J connectivity index is 1.04. The van der Waals surface area contributed by atoms with Gasteiger partial charge in [0.05, 0.1) is 24.2 Å². The molecule has 4 saturated carbocycles. The van der Waals surface area contributed by atoms with E-state index in [9.17, 15) is 0 Å². The molecule has 12 unspecified atom stereocenters. The second-order valence-corrected chi connectivity index (χ2v) is 20.2. The van der Waals surface area contributed by atoms with Crippen LogP contribution in [0, 0.1) is 17.8 Å². The first-order valence-corrected chi connectivity index (χ1v) is 23.1. The second-order valence-electron chi connectivity index (χ2n) is 20.2. The van der Waals surface area contributed by atoms with Gasteiger partial charge in [-0.25, -0.2) is 0 Å². The fraction of sp³-hybridized carbons (Fsp3) is 0.519. The largest absolute Gasteiger partial charge is 0.362 e. The van der Waals surface area contributed by atoms with Gasteiger partial charge in [0.2, 0.25) is 5.91 Å². The van der Waals surface area contributed by atoms with E-state index in [2.05, 4.69) is 131 Å². The van der Waals surface area contributed by atoms with Crippen molar-refractivity contribution in [1.29, 1.82) is 0 Å². The first-order chi connectivity index (χ1) is 28.0. The van der Waals surface area contributed by atoms with Crippen molar-refractivity contribution in [3.63, 3.8) is 0 Å². The second kappa shape index (κ2) is 12.2. The highest BCUT2D eigenvalue weighted by atomic mass is 16.2. The third-order valence-electron chi connectivity index (χ3n) is 17.8. The SMILES string of the molecule is CC1(C)c2ccccc2-c2c(N3C4CCC5C6CCCCC6C(=O)N6C7CCCC8C7N(C4C56)C4C(CCCC43)N8c3ccccc3-c3ccccc3)cccc21. The van der Waals surface area contributed by atoms with Crippen molar-refractivity contribution in [2.24, 2.45) is 17.8 Å². The average Bonchev–Trinajstić information content (AvgIpc) is 3.50. The van der Waals surface area contributed by atoms with Gasteiger partial charge in [-0.05, 0) is 110 Å². The van der Waals surface area contributed by atoms with E-state index in [0.717, 1.165) is 6.42 Å². The number of hydrogen-bond donors (Lipinski definition) is 0. The number of anilines is 2. The van der Waals surface area contributed by atoms with E-state index >= 15 is 4.79 Å². The molecule has 8 fully saturated rings. The number of rotatable bonds is 3. The zero-order chi connectivity index (χ0) is 37.7. The number of piperidine rings is 1. The molecule has 12 atom stereocenters. The summed E-state index contributed by atoms with van der Waals surface area (Å²) in [5, 5.41) is 0. The Morgan fingerprint density at radius 2 is 1.07 bits per heavy atom. The molecule has 0 spiro atoms. The number of benzene rings is 4. The number of fused-ring (bicyclic) bond motifs is 6. The maximum absolute atomic E-state index is 15.4. The van der Waals surface area contributed by atoms with Crippen molar-refractivity contribution >= 4 is 17.3 Å². The van der Waals surface area contributed by atoms with Crippen LogP contribution in [0.4, 0.5) is 11.4 Å². The Hall–Kier alpha value is -4.09. The standard InChI is InChI=1S/C52H58N4O/c1-52(2)37-21-10-8-20-36(37)46-38(52)22-12-24-40(46)54-43-27-13-25-41-48(43)56-49-42(53(41)39-23-11-9-17-32(39)31-15-4-3-5-16-31)26-14-28-44(49)55-47-34(29-30-45(54)50(47)56)33-18-6-7-19-35(33)51(55)57/h3-5,8-12,15-17,20-24,33-35,41-45,47-50H,6-7,13-14,18-19,25-30H2,1-2H3. The Morgan fingerprint density at radius 1 is 0.474 bits per heavy atom. The Morgan fingerprint density at radius 3 is 1.84 bits per heavy atom. The van der Waals surface area contributed by atoms with Gasteiger partial charge in [-0.1, -0.05) is 112 Å². The summed E-state index contributed by atoms with van der Waals surface area (Å²) in [6.07, 6.45) is 14.8. The summed E-state index contributed by atoms with van der Waals surface area (Å²) in [5.74, 6) is 2.01.